The van der Waals surface area contributed by atoms with Crippen LogP contribution in [0.15, 0.2) is 120 Å². The smallest absolute Gasteiger partial charge is 0.338 e. The summed E-state index contributed by atoms with van der Waals surface area (Å²) in [4.78, 5) is 42.5. The van der Waals surface area contributed by atoms with Crippen molar-refractivity contribution in [2.75, 3.05) is 6.61 Å². The normalized spacial score (nSPS) is 22.1. The summed E-state index contributed by atoms with van der Waals surface area (Å²) < 4.78 is 31.2. The maximum Gasteiger partial charge on any atom is 0.338 e. The maximum absolute atomic E-state index is 14.0. The average Bonchev–Trinajstić information content (AvgIpc) is 3.11. The summed E-state index contributed by atoms with van der Waals surface area (Å²) in [5, 5.41) is 0. The largest absolute Gasteiger partial charge is 0.452 e. The van der Waals surface area contributed by atoms with E-state index in [1.807, 2.05) is 52.0 Å². The topological polar surface area (TPSA) is 97.4 Å². The van der Waals surface area contributed by atoms with Crippen molar-refractivity contribution in [1.82, 2.24) is 0 Å². The van der Waals surface area contributed by atoms with Crippen LogP contribution in [0.4, 0.5) is 0 Å². The van der Waals surface area contributed by atoms with Gasteiger partial charge in [0, 0.05) is 4.90 Å². The van der Waals surface area contributed by atoms with E-state index in [2.05, 4.69) is 13.1 Å². The Bertz CT molecular complexity index is 1730. The average molecular weight is 712 g/mol. The highest BCUT2D eigenvalue weighted by Gasteiger charge is 2.62. The molecule has 50 heavy (non-hydrogen) atoms. The molecule has 1 heterocycles. The molecule has 0 spiro atoms. The van der Waals surface area contributed by atoms with Gasteiger partial charge in [0.2, 0.25) is 0 Å². The zero-order valence-corrected chi connectivity index (χ0v) is 31.0. The summed E-state index contributed by atoms with van der Waals surface area (Å²) in [7, 11) is -1.62. The van der Waals surface area contributed by atoms with Gasteiger partial charge >= 0.3 is 17.9 Å². The van der Waals surface area contributed by atoms with E-state index in [1.165, 1.54) is 11.8 Å². The number of carbonyl (C=O) groups is 3. The maximum atomic E-state index is 14.0. The van der Waals surface area contributed by atoms with Gasteiger partial charge in [-0.05, 0) is 76.2 Å². The van der Waals surface area contributed by atoms with Gasteiger partial charge in [0.1, 0.15) is 19.5 Å². The molecule has 0 unspecified atom stereocenters. The Balaban J connectivity index is 1.69. The molecule has 10 heteroatoms. The number of aryl methyl sites for hydroxylation is 1. The van der Waals surface area contributed by atoms with Crippen LogP contribution in [-0.4, -0.2) is 67.9 Å². The Morgan fingerprint density at radius 1 is 0.680 bits per heavy atom. The molecular formula is C40H43O8SSi. The Labute approximate surface area is 300 Å². The lowest BCUT2D eigenvalue weighted by Crippen LogP contribution is -2.70. The fourth-order valence-corrected chi connectivity index (χ4v) is 8.94. The number of hydrogen-bond donors (Lipinski definition) is 0. The molecule has 0 aromatic heterocycles. The third-order valence-corrected chi connectivity index (χ3v) is 12.6. The number of rotatable bonds is 11. The Kier molecular flexibility index (Phi) is 12.0. The molecule has 8 nitrogen and oxygen atoms in total. The summed E-state index contributed by atoms with van der Waals surface area (Å²) >= 11 is 1.41. The first-order valence-electron chi connectivity index (χ1n) is 16.5. The molecule has 1 aliphatic rings. The van der Waals surface area contributed by atoms with Crippen LogP contribution in [0.3, 0.4) is 0 Å². The van der Waals surface area contributed by atoms with E-state index in [0.717, 1.165) is 10.5 Å². The van der Waals surface area contributed by atoms with E-state index in [1.54, 1.807) is 91.0 Å². The fourth-order valence-electron chi connectivity index (χ4n) is 5.49. The summed E-state index contributed by atoms with van der Waals surface area (Å²) in [5.41, 5.74) is 1.40. The lowest BCUT2D eigenvalue weighted by atomic mass is 9.98. The molecule has 5 rings (SSSR count). The highest BCUT2D eigenvalue weighted by molar-refractivity contribution is 8.02. The fraction of sp³-hybridized carbons (Fsp3) is 0.325. The van der Waals surface area contributed by atoms with Crippen LogP contribution in [0, 0.1) is 6.92 Å². The summed E-state index contributed by atoms with van der Waals surface area (Å²) in [6.45, 7) is 11.9. The molecule has 4 aromatic carbocycles. The second-order valence-corrected chi connectivity index (χ2v) is 17.7. The van der Waals surface area contributed by atoms with Crippen LogP contribution in [-0.2, 0) is 23.7 Å². The minimum absolute atomic E-state index is 0.000327. The van der Waals surface area contributed by atoms with E-state index in [4.69, 9.17) is 23.7 Å². The van der Waals surface area contributed by atoms with Gasteiger partial charge in [0.25, 0.3) is 0 Å². The van der Waals surface area contributed by atoms with Gasteiger partial charge in [-0.3, -0.25) is 0 Å². The Hall–Kier alpha value is -4.22. The van der Waals surface area contributed by atoms with Crippen LogP contribution in [0.25, 0.3) is 0 Å². The van der Waals surface area contributed by atoms with Crippen LogP contribution in [0.2, 0.25) is 13.1 Å². The molecule has 0 aliphatic carbocycles. The summed E-state index contributed by atoms with van der Waals surface area (Å²) in [6.07, 6.45) is -4.64. The third kappa shape index (κ3) is 9.11. The molecule has 0 bridgehead atoms. The van der Waals surface area contributed by atoms with Gasteiger partial charge in [-0.1, -0.05) is 97.1 Å². The van der Waals surface area contributed by atoms with Crippen molar-refractivity contribution in [3.05, 3.63) is 138 Å². The van der Waals surface area contributed by atoms with Crippen molar-refractivity contribution in [2.24, 2.45) is 0 Å². The number of ether oxygens (including phenoxy) is 5. The molecule has 5 atom stereocenters. The zero-order chi connectivity index (χ0) is 35.9. The number of carbonyl (C=O) groups excluding carboxylic acids is 3. The molecule has 0 saturated carbocycles. The standard InChI is InChI=1S/C40H43O8SSi/c1-27-22-24-31(25-23-27)49-40(50(5)6)35(47-38(43)30-20-14-9-15-21-30)34(46-37(42)29-18-12-8-13-19-29)33(32(48-40)26-44-39(2,3)4)45-36(41)28-16-10-7-11-17-28/h7-25,32-35H,26H2,1-6H3/t32-,33+,34+,35-,40-/m1/s1. The van der Waals surface area contributed by atoms with E-state index in [-0.39, 0.29) is 12.2 Å². The molecule has 0 N–H and O–H groups in total. The number of esters is 3. The van der Waals surface area contributed by atoms with Crippen LogP contribution in [0.5, 0.6) is 0 Å². The van der Waals surface area contributed by atoms with Crippen LogP contribution < -0.4 is 0 Å². The minimum Gasteiger partial charge on any atom is -0.452 e. The van der Waals surface area contributed by atoms with Crippen molar-refractivity contribution >= 4 is 38.5 Å². The predicted molar refractivity (Wildman–Crippen MR) is 195 cm³/mol. The molecule has 1 fully saturated rings. The van der Waals surface area contributed by atoms with Gasteiger partial charge in [0.15, 0.2) is 18.3 Å². The molecule has 1 aliphatic heterocycles. The number of hydrogen-bond acceptors (Lipinski definition) is 9. The van der Waals surface area contributed by atoms with Crippen LogP contribution in [0.1, 0.15) is 57.4 Å². The Morgan fingerprint density at radius 2 is 1.12 bits per heavy atom. The van der Waals surface area contributed by atoms with Gasteiger partial charge in [0.05, 0.1) is 28.9 Å². The van der Waals surface area contributed by atoms with Crippen molar-refractivity contribution in [3.63, 3.8) is 0 Å². The van der Waals surface area contributed by atoms with E-state index >= 15 is 0 Å². The zero-order valence-electron chi connectivity index (χ0n) is 29.2. The number of benzene rings is 4. The lowest BCUT2D eigenvalue weighted by Gasteiger charge is -2.53. The van der Waals surface area contributed by atoms with Gasteiger partial charge in [-0.25, -0.2) is 14.4 Å². The minimum atomic E-state index is -1.62. The molecule has 1 radical (unpaired) electrons. The molecular weight excluding hydrogens is 669 g/mol. The monoisotopic (exact) mass is 711 g/mol. The van der Waals surface area contributed by atoms with Crippen molar-refractivity contribution < 1.29 is 38.1 Å². The first-order chi connectivity index (χ1) is 23.9. The molecule has 261 valence electrons. The van der Waals surface area contributed by atoms with Gasteiger partial charge < -0.3 is 23.7 Å². The summed E-state index contributed by atoms with van der Waals surface area (Å²) in [5.74, 6) is -1.94. The predicted octanol–water partition coefficient (Wildman–Crippen LogP) is 7.97. The molecule has 4 aromatic rings. The molecule has 0 amide bonds. The SMILES string of the molecule is Cc1ccc(S[C@]2([Si](C)C)O[C@H](COC(C)(C)C)[C@H](OC(=O)c3ccccc3)[C@H](OC(=O)c3ccccc3)[C@H]2OC(=O)c2ccccc2)cc1. The first kappa shape index (κ1) is 37.0. The first-order valence-corrected chi connectivity index (χ1v) is 19.8. The lowest BCUT2D eigenvalue weighted by molar-refractivity contribution is -0.230. The molecule has 1 saturated heterocycles. The van der Waals surface area contributed by atoms with E-state index in [0.29, 0.717) is 11.1 Å². The van der Waals surface area contributed by atoms with Crippen molar-refractivity contribution in [2.45, 2.75) is 80.3 Å². The van der Waals surface area contributed by atoms with Crippen molar-refractivity contribution in [3.8, 4) is 0 Å². The van der Waals surface area contributed by atoms with Crippen molar-refractivity contribution in [1.29, 1.82) is 0 Å². The second kappa shape index (κ2) is 16.2. The van der Waals surface area contributed by atoms with Gasteiger partial charge in [-0.2, -0.15) is 0 Å². The third-order valence-electron chi connectivity index (χ3n) is 8.11. The van der Waals surface area contributed by atoms with Gasteiger partial charge in [-0.15, -0.1) is 0 Å². The van der Waals surface area contributed by atoms with Crippen LogP contribution >= 0.6 is 11.8 Å². The van der Waals surface area contributed by atoms with E-state index < -0.39 is 61.3 Å². The highest BCUT2D eigenvalue weighted by atomic mass is 32.2. The second-order valence-electron chi connectivity index (χ2n) is 13.3. The quantitative estimate of drug-likeness (QED) is 0.0872. The van der Waals surface area contributed by atoms with E-state index in [9.17, 15) is 14.4 Å². The summed E-state index contributed by atoms with van der Waals surface area (Å²) in [6, 6.07) is 33.7. The number of thioether (sulfide) groups is 1. The highest BCUT2D eigenvalue weighted by Crippen LogP contribution is 2.48. The Morgan fingerprint density at radius 3 is 1.56 bits per heavy atom.